The number of hydrogen-bond acceptors (Lipinski definition) is 3. The van der Waals surface area contributed by atoms with Gasteiger partial charge in [-0.1, -0.05) is 95.8 Å². The summed E-state index contributed by atoms with van der Waals surface area (Å²) < 4.78 is 0. The number of thioether (sulfide) groups is 1. The smallest absolute Gasteiger partial charge is 0.243 e. The number of amides is 2. The molecule has 0 heterocycles. The Morgan fingerprint density at radius 1 is 0.895 bits per heavy atom. The molecule has 0 aromatic heterocycles. The number of halogens is 2. The van der Waals surface area contributed by atoms with Crippen LogP contribution in [-0.4, -0.2) is 34.6 Å². The minimum atomic E-state index is -0.671. The fraction of sp³-hybridized carbons (Fsp3) is 0.355. The van der Waals surface area contributed by atoms with Crippen molar-refractivity contribution in [3.63, 3.8) is 0 Å². The average molecular weight is 572 g/mol. The highest BCUT2D eigenvalue weighted by molar-refractivity contribution is 7.99. The van der Waals surface area contributed by atoms with E-state index in [-0.39, 0.29) is 30.2 Å². The maximum absolute atomic E-state index is 13.8. The van der Waals surface area contributed by atoms with Gasteiger partial charge in [-0.25, -0.2) is 0 Å². The molecule has 0 aliphatic rings. The lowest BCUT2D eigenvalue weighted by Gasteiger charge is -2.32. The molecule has 202 valence electrons. The van der Waals surface area contributed by atoms with Gasteiger partial charge in [0.2, 0.25) is 11.8 Å². The van der Waals surface area contributed by atoms with Crippen molar-refractivity contribution in [2.45, 2.75) is 64.9 Å². The van der Waals surface area contributed by atoms with E-state index < -0.39 is 6.04 Å². The van der Waals surface area contributed by atoms with Crippen LogP contribution in [0.15, 0.2) is 66.7 Å². The number of rotatable bonds is 12. The Morgan fingerprint density at radius 3 is 2.21 bits per heavy atom. The lowest BCUT2D eigenvalue weighted by molar-refractivity contribution is -0.139. The van der Waals surface area contributed by atoms with Crippen LogP contribution >= 0.6 is 35.0 Å². The molecular formula is C31H36Cl2N2O2S. The van der Waals surface area contributed by atoms with E-state index in [0.717, 1.165) is 23.3 Å². The standard InChI is InChI=1S/C31H36Cl2N2O2S/c1-5-23(4)34-31(37)29(17-24-9-7-6-8-10-24)35(18-25-11-12-27(32)28(33)16-25)30(36)20-38-19-26-14-21(2)13-22(3)15-26/h6-16,23,29H,5,17-20H2,1-4H3,(H,34,37)/t23-,29-/m1/s1. The van der Waals surface area contributed by atoms with Crippen LogP contribution in [0.25, 0.3) is 0 Å². The monoisotopic (exact) mass is 570 g/mol. The number of benzene rings is 3. The average Bonchev–Trinajstić information content (AvgIpc) is 2.88. The molecule has 0 radical (unpaired) electrons. The normalized spacial score (nSPS) is 12.6. The van der Waals surface area contributed by atoms with Gasteiger partial charge >= 0.3 is 0 Å². The number of carbonyl (C=O) groups excluding carboxylic acids is 2. The van der Waals surface area contributed by atoms with Crippen molar-refractivity contribution < 1.29 is 9.59 Å². The maximum atomic E-state index is 13.8. The summed E-state index contributed by atoms with van der Waals surface area (Å²) in [5.41, 5.74) is 5.41. The SMILES string of the molecule is CC[C@@H](C)NC(=O)[C@@H](Cc1ccccc1)N(Cc1ccc(Cl)c(Cl)c1)C(=O)CSCc1cc(C)cc(C)c1. The third-order valence-corrected chi connectivity index (χ3v) is 8.11. The summed E-state index contributed by atoms with van der Waals surface area (Å²) >= 11 is 14.0. The Labute approximate surface area is 241 Å². The molecular weight excluding hydrogens is 535 g/mol. The third-order valence-electron chi connectivity index (χ3n) is 6.38. The quantitative estimate of drug-likeness (QED) is 0.247. The molecule has 7 heteroatoms. The van der Waals surface area contributed by atoms with Crippen LogP contribution in [0, 0.1) is 13.8 Å². The van der Waals surface area contributed by atoms with E-state index in [9.17, 15) is 9.59 Å². The van der Waals surface area contributed by atoms with Gasteiger partial charge in [0.1, 0.15) is 6.04 Å². The molecule has 0 unspecified atom stereocenters. The van der Waals surface area contributed by atoms with Crippen molar-refractivity contribution >= 4 is 46.8 Å². The Bertz CT molecular complexity index is 1220. The summed E-state index contributed by atoms with van der Waals surface area (Å²) in [6, 6.07) is 20.9. The summed E-state index contributed by atoms with van der Waals surface area (Å²) in [6.45, 7) is 8.41. The lowest BCUT2D eigenvalue weighted by atomic mass is 10.0. The summed E-state index contributed by atoms with van der Waals surface area (Å²) in [6.07, 6.45) is 1.22. The van der Waals surface area contributed by atoms with Gasteiger partial charge in [0.25, 0.3) is 0 Å². The molecule has 0 saturated carbocycles. The predicted molar refractivity (Wildman–Crippen MR) is 161 cm³/mol. The second-order valence-electron chi connectivity index (χ2n) is 9.78. The largest absolute Gasteiger partial charge is 0.352 e. The van der Waals surface area contributed by atoms with E-state index in [1.807, 2.05) is 50.2 Å². The van der Waals surface area contributed by atoms with Crippen LogP contribution in [0.2, 0.25) is 10.0 Å². The summed E-state index contributed by atoms with van der Waals surface area (Å²) in [4.78, 5) is 29.1. The van der Waals surface area contributed by atoms with Gasteiger partial charge in [0, 0.05) is 24.8 Å². The highest BCUT2D eigenvalue weighted by atomic mass is 35.5. The van der Waals surface area contributed by atoms with Crippen molar-refractivity contribution in [1.29, 1.82) is 0 Å². The first-order chi connectivity index (χ1) is 18.2. The number of aryl methyl sites for hydroxylation is 2. The van der Waals surface area contributed by atoms with Crippen molar-refractivity contribution in [1.82, 2.24) is 10.2 Å². The van der Waals surface area contributed by atoms with Gasteiger partial charge in [-0.15, -0.1) is 11.8 Å². The van der Waals surface area contributed by atoms with E-state index in [1.165, 1.54) is 16.7 Å². The van der Waals surface area contributed by atoms with Crippen molar-refractivity contribution in [2.75, 3.05) is 5.75 Å². The van der Waals surface area contributed by atoms with E-state index in [2.05, 4.69) is 37.4 Å². The molecule has 3 rings (SSSR count). The molecule has 0 aliphatic heterocycles. The molecule has 3 aromatic rings. The third kappa shape index (κ3) is 9.07. The minimum absolute atomic E-state index is 0.00152. The first-order valence-corrected chi connectivity index (χ1v) is 14.8. The van der Waals surface area contributed by atoms with Gasteiger partial charge in [-0.3, -0.25) is 9.59 Å². The van der Waals surface area contributed by atoms with Gasteiger partial charge in [-0.2, -0.15) is 0 Å². The minimum Gasteiger partial charge on any atom is -0.352 e. The highest BCUT2D eigenvalue weighted by Crippen LogP contribution is 2.25. The second kappa shape index (κ2) is 14.6. The Morgan fingerprint density at radius 2 is 1.58 bits per heavy atom. The van der Waals surface area contributed by atoms with Gasteiger partial charge < -0.3 is 10.2 Å². The summed E-state index contributed by atoms with van der Waals surface area (Å²) in [7, 11) is 0. The lowest BCUT2D eigenvalue weighted by Crippen LogP contribution is -2.52. The fourth-order valence-corrected chi connectivity index (χ4v) is 5.49. The number of nitrogens with zero attached hydrogens (tertiary/aromatic N) is 1. The molecule has 0 bridgehead atoms. The first-order valence-electron chi connectivity index (χ1n) is 12.9. The van der Waals surface area contributed by atoms with Crippen LogP contribution in [0.3, 0.4) is 0 Å². The molecule has 2 amide bonds. The van der Waals surface area contributed by atoms with Gasteiger partial charge in [0.15, 0.2) is 0 Å². The zero-order valence-corrected chi connectivity index (χ0v) is 24.8. The van der Waals surface area contributed by atoms with E-state index in [1.54, 1.807) is 28.8 Å². The molecule has 38 heavy (non-hydrogen) atoms. The molecule has 4 nitrogen and oxygen atoms in total. The molecule has 3 aromatic carbocycles. The van der Waals surface area contributed by atoms with Crippen LogP contribution in [0.5, 0.6) is 0 Å². The molecule has 0 spiro atoms. The molecule has 2 atom stereocenters. The number of hydrogen-bond donors (Lipinski definition) is 1. The fourth-order valence-electron chi connectivity index (χ4n) is 4.32. The maximum Gasteiger partial charge on any atom is 0.243 e. The summed E-state index contributed by atoms with van der Waals surface area (Å²) in [5, 5.41) is 3.97. The van der Waals surface area contributed by atoms with Crippen LogP contribution in [0.1, 0.15) is 48.1 Å². The van der Waals surface area contributed by atoms with Crippen molar-refractivity contribution in [2.24, 2.45) is 0 Å². The number of carbonyl (C=O) groups is 2. The Balaban J connectivity index is 1.88. The summed E-state index contributed by atoms with van der Waals surface area (Å²) in [5.74, 6) is 0.731. The Kier molecular flexibility index (Phi) is 11.6. The van der Waals surface area contributed by atoms with Crippen LogP contribution in [-0.2, 0) is 28.3 Å². The van der Waals surface area contributed by atoms with E-state index in [0.29, 0.717) is 16.5 Å². The van der Waals surface area contributed by atoms with Crippen LogP contribution < -0.4 is 5.32 Å². The molecule has 0 saturated heterocycles. The number of nitrogens with one attached hydrogen (secondary N) is 1. The van der Waals surface area contributed by atoms with Crippen LogP contribution in [0.4, 0.5) is 0 Å². The van der Waals surface area contributed by atoms with Gasteiger partial charge in [0.05, 0.1) is 15.8 Å². The Hall–Kier alpha value is -2.47. The second-order valence-corrected chi connectivity index (χ2v) is 11.6. The highest BCUT2D eigenvalue weighted by Gasteiger charge is 2.31. The first kappa shape index (κ1) is 30.1. The van der Waals surface area contributed by atoms with E-state index in [4.69, 9.17) is 23.2 Å². The topological polar surface area (TPSA) is 49.4 Å². The van der Waals surface area contributed by atoms with Gasteiger partial charge in [-0.05, 0) is 56.0 Å². The van der Waals surface area contributed by atoms with Crippen molar-refractivity contribution in [3.8, 4) is 0 Å². The van der Waals surface area contributed by atoms with Crippen molar-refractivity contribution in [3.05, 3.63) is 105 Å². The zero-order valence-electron chi connectivity index (χ0n) is 22.5. The predicted octanol–water partition coefficient (Wildman–Crippen LogP) is 7.40. The zero-order chi connectivity index (χ0) is 27.7. The molecule has 0 aliphatic carbocycles. The molecule has 0 fully saturated rings. The van der Waals surface area contributed by atoms with E-state index >= 15 is 0 Å². The molecule has 1 N–H and O–H groups in total.